The number of hydrogen-bond acceptors (Lipinski definition) is 1. The van der Waals surface area contributed by atoms with E-state index in [-0.39, 0.29) is 0 Å². The third-order valence-electron chi connectivity index (χ3n) is 2.54. The Morgan fingerprint density at radius 1 is 1.00 bits per heavy atom. The second-order valence-electron chi connectivity index (χ2n) is 3.80. The molecule has 0 saturated heterocycles. The lowest BCUT2D eigenvalue weighted by atomic mass is 9.98. The van der Waals surface area contributed by atoms with Crippen LogP contribution in [0.25, 0.3) is 11.1 Å². The number of aryl methyl sites for hydroxylation is 1. The topological polar surface area (TPSA) is 23.8 Å². The van der Waals surface area contributed by atoms with E-state index in [1.165, 1.54) is 12.1 Å². The highest BCUT2D eigenvalue weighted by atomic mass is 19.1. The van der Waals surface area contributed by atoms with Gasteiger partial charge in [0.15, 0.2) is 0 Å². The summed E-state index contributed by atoms with van der Waals surface area (Å²) in [4.78, 5) is 0. The van der Waals surface area contributed by atoms with Crippen LogP contribution in [0.5, 0.6) is 0 Å². The first kappa shape index (κ1) is 11.3. The highest BCUT2D eigenvalue weighted by Crippen LogP contribution is 2.26. The van der Waals surface area contributed by atoms with E-state index in [1.807, 2.05) is 13.0 Å². The second kappa shape index (κ2) is 4.34. The summed E-state index contributed by atoms with van der Waals surface area (Å²) in [5.74, 6) is -1.25. The van der Waals surface area contributed by atoms with E-state index < -0.39 is 11.6 Å². The maximum atomic E-state index is 13.1. The normalized spacial score (nSPS) is 10.0. The van der Waals surface area contributed by atoms with Crippen molar-refractivity contribution in [2.45, 2.75) is 6.92 Å². The molecule has 2 aromatic carbocycles. The van der Waals surface area contributed by atoms with Crippen LogP contribution in [0.3, 0.4) is 0 Å². The number of rotatable bonds is 1. The van der Waals surface area contributed by atoms with Gasteiger partial charge >= 0.3 is 0 Å². The average molecular weight is 229 g/mol. The summed E-state index contributed by atoms with van der Waals surface area (Å²) in [6.07, 6.45) is 0. The minimum Gasteiger partial charge on any atom is -0.207 e. The molecule has 0 spiro atoms. The van der Waals surface area contributed by atoms with Crippen LogP contribution in [-0.4, -0.2) is 0 Å². The summed E-state index contributed by atoms with van der Waals surface area (Å²) < 4.78 is 26.2. The largest absolute Gasteiger partial charge is 0.207 e. The Kier molecular flexibility index (Phi) is 2.88. The van der Waals surface area contributed by atoms with Gasteiger partial charge in [-0.3, -0.25) is 0 Å². The van der Waals surface area contributed by atoms with Crippen molar-refractivity contribution in [2.24, 2.45) is 0 Å². The molecule has 0 radical (unpaired) electrons. The van der Waals surface area contributed by atoms with Gasteiger partial charge in [-0.1, -0.05) is 6.07 Å². The van der Waals surface area contributed by atoms with Crippen LogP contribution in [0.4, 0.5) is 8.78 Å². The molecule has 0 aromatic heterocycles. The Balaban J connectivity index is 2.63. The predicted molar refractivity (Wildman–Crippen MR) is 61.2 cm³/mol. The standard InChI is InChI=1S/C14H9F2N/c1-9-2-3-10(8-17)4-14(9)11-5-12(15)7-13(16)6-11/h2-7H,1H3. The van der Waals surface area contributed by atoms with Crippen LogP contribution >= 0.6 is 0 Å². The molecule has 17 heavy (non-hydrogen) atoms. The van der Waals surface area contributed by atoms with Gasteiger partial charge in [0.2, 0.25) is 0 Å². The Morgan fingerprint density at radius 3 is 2.24 bits per heavy atom. The number of benzene rings is 2. The second-order valence-corrected chi connectivity index (χ2v) is 3.80. The van der Waals surface area contributed by atoms with Crippen LogP contribution < -0.4 is 0 Å². The molecule has 0 amide bonds. The van der Waals surface area contributed by atoms with Crippen LogP contribution in [0, 0.1) is 29.9 Å². The van der Waals surface area contributed by atoms with Gasteiger partial charge in [0.1, 0.15) is 11.6 Å². The molecule has 2 rings (SSSR count). The lowest BCUT2D eigenvalue weighted by Gasteiger charge is -2.07. The summed E-state index contributed by atoms with van der Waals surface area (Å²) in [5.41, 5.74) is 2.45. The quantitative estimate of drug-likeness (QED) is 0.729. The van der Waals surface area contributed by atoms with Crippen molar-refractivity contribution < 1.29 is 8.78 Å². The molecule has 0 aliphatic carbocycles. The Bertz CT molecular complexity index is 592. The molecule has 0 N–H and O–H groups in total. The molecule has 0 atom stereocenters. The summed E-state index contributed by atoms with van der Waals surface area (Å²) in [6, 6.07) is 10.4. The van der Waals surface area contributed by atoms with Gasteiger partial charge < -0.3 is 0 Å². The molecule has 0 heterocycles. The first-order valence-corrected chi connectivity index (χ1v) is 5.07. The zero-order valence-electron chi connectivity index (χ0n) is 9.17. The first-order chi connectivity index (χ1) is 8.10. The zero-order chi connectivity index (χ0) is 12.4. The molecule has 2 aromatic rings. The molecule has 0 saturated carbocycles. The molecular weight excluding hydrogens is 220 g/mol. The molecule has 84 valence electrons. The van der Waals surface area contributed by atoms with Crippen molar-refractivity contribution in [1.82, 2.24) is 0 Å². The minimum atomic E-state index is -0.623. The van der Waals surface area contributed by atoms with E-state index in [2.05, 4.69) is 0 Å². The first-order valence-electron chi connectivity index (χ1n) is 5.07. The van der Waals surface area contributed by atoms with Crippen molar-refractivity contribution in [3.63, 3.8) is 0 Å². The van der Waals surface area contributed by atoms with E-state index in [4.69, 9.17) is 5.26 Å². The van der Waals surface area contributed by atoms with Gasteiger partial charge in [-0.05, 0) is 47.9 Å². The summed E-state index contributed by atoms with van der Waals surface area (Å²) in [7, 11) is 0. The maximum Gasteiger partial charge on any atom is 0.126 e. The maximum absolute atomic E-state index is 13.1. The molecular formula is C14H9F2N. The molecule has 0 bridgehead atoms. The van der Waals surface area contributed by atoms with E-state index in [1.54, 1.807) is 18.2 Å². The smallest absolute Gasteiger partial charge is 0.126 e. The highest BCUT2D eigenvalue weighted by Gasteiger charge is 2.06. The van der Waals surface area contributed by atoms with E-state index in [0.717, 1.165) is 11.6 Å². The highest BCUT2D eigenvalue weighted by molar-refractivity contribution is 5.68. The van der Waals surface area contributed by atoms with Crippen molar-refractivity contribution in [3.05, 3.63) is 59.2 Å². The molecule has 0 fully saturated rings. The van der Waals surface area contributed by atoms with E-state index in [9.17, 15) is 8.78 Å². The van der Waals surface area contributed by atoms with Crippen LogP contribution in [0.2, 0.25) is 0 Å². The fourth-order valence-corrected chi connectivity index (χ4v) is 1.71. The minimum absolute atomic E-state index is 0.442. The van der Waals surface area contributed by atoms with E-state index >= 15 is 0 Å². The van der Waals surface area contributed by atoms with Gasteiger partial charge in [0.05, 0.1) is 11.6 Å². The fourth-order valence-electron chi connectivity index (χ4n) is 1.71. The number of hydrogen-bond donors (Lipinski definition) is 0. The van der Waals surface area contributed by atoms with Gasteiger partial charge in [-0.2, -0.15) is 5.26 Å². The number of nitriles is 1. The van der Waals surface area contributed by atoms with Gasteiger partial charge in [-0.15, -0.1) is 0 Å². The Morgan fingerprint density at radius 2 is 1.65 bits per heavy atom. The molecule has 1 nitrogen and oxygen atoms in total. The van der Waals surface area contributed by atoms with Gasteiger partial charge in [0.25, 0.3) is 0 Å². The number of nitrogens with zero attached hydrogens (tertiary/aromatic N) is 1. The van der Waals surface area contributed by atoms with Crippen molar-refractivity contribution >= 4 is 0 Å². The van der Waals surface area contributed by atoms with Crippen molar-refractivity contribution in [3.8, 4) is 17.2 Å². The summed E-state index contributed by atoms with van der Waals surface area (Å²) in [6.45, 7) is 1.83. The van der Waals surface area contributed by atoms with Crippen molar-refractivity contribution in [2.75, 3.05) is 0 Å². The summed E-state index contributed by atoms with van der Waals surface area (Å²) in [5, 5.41) is 8.81. The lowest BCUT2D eigenvalue weighted by Crippen LogP contribution is -1.88. The van der Waals surface area contributed by atoms with Gasteiger partial charge in [-0.25, -0.2) is 8.78 Å². The Hall–Kier alpha value is -2.21. The number of halogens is 2. The van der Waals surface area contributed by atoms with Crippen LogP contribution in [0.15, 0.2) is 36.4 Å². The third kappa shape index (κ3) is 2.31. The fraction of sp³-hybridized carbons (Fsp3) is 0.0714. The molecule has 0 aliphatic rings. The third-order valence-corrected chi connectivity index (χ3v) is 2.54. The Labute approximate surface area is 97.9 Å². The SMILES string of the molecule is Cc1ccc(C#N)cc1-c1cc(F)cc(F)c1. The monoisotopic (exact) mass is 229 g/mol. The van der Waals surface area contributed by atoms with Crippen molar-refractivity contribution in [1.29, 1.82) is 5.26 Å². The molecule has 0 unspecified atom stereocenters. The average Bonchev–Trinajstić information content (AvgIpc) is 2.28. The zero-order valence-corrected chi connectivity index (χ0v) is 9.17. The summed E-state index contributed by atoms with van der Waals surface area (Å²) >= 11 is 0. The molecule has 0 aliphatic heterocycles. The molecule has 3 heteroatoms. The lowest BCUT2D eigenvalue weighted by molar-refractivity contribution is 0.584. The van der Waals surface area contributed by atoms with Gasteiger partial charge in [0, 0.05) is 6.07 Å². The predicted octanol–water partition coefficient (Wildman–Crippen LogP) is 3.81. The van der Waals surface area contributed by atoms with Crippen LogP contribution in [-0.2, 0) is 0 Å². The van der Waals surface area contributed by atoms with E-state index in [0.29, 0.717) is 16.7 Å². The van der Waals surface area contributed by atoms with Crippen LogP contribution in [0.1, 0.15) is 11.1 Å².